The van der Waals surface area contributed by atoms with Crippen LogP contribution in [0.3, 0.4) is 0 Å². The second kappa shape index (κ2) is 6.63. The standard InChI is InChI=1S/C11H20BrN3O3/c1-3-8-10(12)9(15(2)14-8)4-13-11(5-16,6-17)7-18/h13,16-18H,3-7H2,1-2H3. The Hall–Kier alpha value is -0.470. The van der Waals surface area contributed by atoms with Crippen LogP contribution in [0.4, 0.5) is 0 Å². The van der Waals surface area contributed by atoms with E-state index in [1.807, 2.05) is 14.0 Å². The van der Waals surface area contributed by atoms with Crippen LogP contribution in [-0.4, -0.2) is 50.5 Å². The van der Waals surface area contributed by atoms with Gasteiger partial charge in [0.25, 0.3) is 0 Å². The molecule has 0 aliphatic heterocycles. The average molecular weight is 322 g/mol. The first-order valence-electron chi connectivity index (χ1n) is 5.81. The molecule has 1 heterocycles. The van der Waals surface area contributed by atoms with Gasteiger partial charge < -0.3 is 15.3 Å². The number of rotatable bonds is 7. The monoisotopic (exact) mass is 321 g/mol. The van der Waals surface area contributed by atoms with Crippen molar-refractivity contribution in [2.24, 2.45) is 7.05 Å². The Morgan fingerprint density at radius 3 is 2.22 bits per heavy atom. The van der Waals surface area contributed by atoms with Crippen molar-refractivity contribution in [3.05, 3.63) is 15.9 Å². The predicted molar refractivity (Wildman–Crippen MR) is 71.1 cm³/mol. The summed E-state index contributed by atoms with van der Waals surface area (Å²) in [7, 11) is 1.83. The van der Waals surface area contributed by atoms with E-state index in [0.717, 1.165) is 22.3 Å². The van der Waals surface area contributed by atoms with Gasteiger partial charge in [-0.2, -0.15) is 5.10 Å². The second-order valence-corrected chi connectivity index (χ2v) is 5.09. The minimum absolute atomic E-state index is 0.337. The number of hydrogen-bond donors (Lipinski definition) is 4. The van der Waals surface area contributed by atoms with Crippen LogP contribution in [0, 0.1) is 0 Å². The smallest absolute Gasteiger partial charge is 0.0884 e. The van der Waals surface area contributed by atoms with Crippen LogP contribution in [0.2, 0.25) is 0 Å². The van der Waals surface area contributed by atoms with Gasteiger partial charge in [-0.3, -0.25) is 10.00 Å². The van der Waals surface area contributed by atoms with E-state index in [1.165, 1.54) is 0 Å². The zero-order valence-electron chi connectivity index (χ0n) is 10.6. The van der Waals surface area contributed by atoms with Crippen molar-refractivity contribution in [3.63, 3.8) is 0 Å². The van der Waals surface area contributed by atoms with Gasteiger partial charge in [-0.05, 0) is 22.4 Å². The first-order chi connectivity index (χ1) is 8.53. The van der Waals surface area contributed by atoms with E-state index in [4.69, 9.17) is 0 Å². The van der Waals surface area contributed by atoms with E-state index in [0.29, 0.717) is 6.54 Å². The molecule has 0 amide bonds. The largest absolute Gasteiger partial charge is 0.394 e. The van der Waals surface area contributed by atoms with Crippen molar-refractivity contribution < 1.29 is 15.3 Å². The van der Waals surface area contributed by atoms with E-state index in [9.17, 15) is 15.3 Å². The van der Waals surface area contributed by atoms with Gasteiger partial charge in [0.1, 0.15) is 0 Å². The third-order valence-corrected chi connectivity index (χ3v) is 3.96. The molecule has 0 aromatic carbocycles. The van der Waals surface area contributed by atoms with Crippen molar-refractivity contribution in [2.45, 2.75) is 25.4 Å². The lowest BCUT2D eigenvalue weighted by atomic mass is 10.0. The molecule has 0 fully saturated rings. The van der Waals surface area contributed by atoms with Gasteiger partial charge >= 0.3 is 0 Å². The molecule has 0 atom stereocenters. The Morgan fingerprint density at radius 1 is 1.28 bits per heavy atom. The molecule has 0 saturated carbocycles. The summed E-state index contributed by atoms with van der Waals surface area (Å²) in [5, 5.41) is 35.0. The lowest BCUT2D eigenvalue weighted by Crippen LogP contribution is -2.54. The van der Waals surface area contributed by atoms with E-state index in [-0.39, 0.29) is 19.8 Å². The summed E-state index contributed by atoms with van der Waals surface area (Å²) >= 11 is 3.48. The lowest BCUT2D eigenvalue weighted by molar-refractivity contribution is 0.0409. The average Bonchev–Trinajstić information content (AvgIpc) is 2.67. The fourth-order valence-electron chi connectivity index (χ4n) is 1.60. The molecule has 104 valence electrons. The number of nitrogens with zero attached hydrogens (tertiary/aromatic N) is 2. The number of hydrogen-bond acceptors (Lipinski definition) is 5. The third kappa shape index (κ3) is 3.10. The Morgan fingerprint density at radius 2 is 1.83 bits per heavy atom. The molecule has 6 nitrogen and oxygen atoms in total. The van der Waals surface area contributed by atoms with Gasteiger partial charge in [-0.1, -0.05) is 6.92 Å². The highest BCUT2D eigenvalue weighted by Crippen LogP contribution is 2.21. The van der Waals surface area contributed by atoms with Gasteiger partial charge in [0, 0.05) is 13.6 Å². The summed E-state index contributed by atoms with van der Waals surface area (Å²) in [6, 6.07) is 0. The van der Waals surface area contributed by atoms with Crippen molar-refractivity contribution in [1.29, 1.82) is 0 Å². The van der Waals surface area contributed by atoms with Gasteiger partial charge in [-0.25, -0.2) is 0 Å². The number of nitrogens with one attached hydrogen (secondary N) is 1. The van der Waals surface area contributed by atoms with Gasteiger partial charge in [0.05, 0.1) is 41.2 Å². The first kappa shape index (κ1) is 15.6. The van der Waals surface area contributed by atoms with Gasteiger partial charge in [0.15, 0.2) is 0 Å². The van der Waals surface area contributed by atoms with Gasteiger partial charge in [0.2, 0.25) is 0 Å². The van der Waals surface area contributed by atoms with Gasteiger partial charge in [-0.15, -0.1) is 0 Å². The lowest BCUT2D eigenvalue weighted by Gasteiger charge is -2.28. The molecule has 18 heavy (non-hydrogen) atoms. The number of halogens is 1. The molecule has 0 unspecified atom stereocenters. The summed E-state index contributed by atoms with van der Waals surface area (Å²) in [5.41, 5.74) is 0.791. The van der Waals surface area contributed by atoms with Crippen molar-refractivity contribution in [3.8, 4) is 0 Å². The van der Waals surface area contributed by atoms with Crippen molar-refractivity contribution in [1.82, 2.24) is 15.1 Å². The molecular weight excluding hydrogens is 302 g/mol. The third-order valence-electron chi connectivity index (χ3n) is 3.04. The highest BCUT2D eigenvalue weighted by molar-refractivity contribution is 9.10. The minimum Gasteiger partial charge on any atom is -0.394 e. The zero-order valence-corrected chi connectivity index (χ0v) is 12.2. The summed E-state index contributed by atoms with van der Waals surface area (Å²) in [6.07, 6.45) is 0.819. The number of aromatic nitrogens is 2. The number of aliphatic hydroxyl groups excluding tert-OH is 3. The molecule has 0 bridgehead atoms. The zero-order chi connectivity index (χ0) is 13.8. The fraction of sp³-hybridized carbons (Fsp3) is 0.727. The van der Waals surface area contributed by atoms with E-state index < -0.39 is 5.54 Å². The minimum atomic E-state index is -1.07. The van der Waals surface area contributed by atoms with Crippen LogP contribution in [0.1, 0.15) is 18.3 Å². The maximum absolute atomic E-state index is 9.23. The SMILES string of the molecule is CCc1nn(C)c(CNC(CO)(CO)CO)c1Br. The van der Waals surface area contributed by atoms with E-state index in [2.05, 4.69) is 26.3 Å². The number of aryl methyl sites for hydroxylation is 2. The van der Waals surface area contributed by atoms with Crippen molar-refractivity contribution in [2.75, 3.05) is 19.8 Å². The Balaban J connectivity index is 2.82. The van der Waals surface area contributed by atoms with E-state index >= 15 is 0 Å². The van der Waals surface area contributed by atoms with Crippen LogP contribution >= 0.6 is 15.9 Å². The Labute approximate surface area is 115 Å². The summed E-state index contributed by atoms with van der Waals surface area (Å²) in [4.78, 5) is 0. The molecule has 1 aromatic rings. The predicted octanol–water partition coefficient (Wildman–Crippen LogP) is -0.450. The normalized spacial score (nSPS) is 12.1. The van der Waals surface area contributed by atoms with Crippen LogP contribution in [-0.2, 0) is 20.0 Å². The van der Waals surface area contributed by atoms with Crippen LogP contribution < -0.4 is 5.32 Å². The maximum atomic E-state index is 9.23. The summed E-state index contributed by atoms with van der Waals surface area (Å²) in [6.45, 7) is 1.40. The number of aliphatic hydroxyl groups is 3. The molecule has 0 radical (unpaired) electrons. The van der Waals surface area contributed by atoms with Crippen molar-refractivity contribution >= 4 is 15.9 Å². The second-order valence-electron chi connectivity index (χ2n) is 4.29. The summed E-state index contributed by atoms with van der Waals surface area (Å²) in [5.74, 6) is 0. The molecule has 0 spiro atoms. The van der Waals surface area contributed by atoms with Crippen LogP contribution in [0.25, 0.3) is 0 Å². The summed E-state index contributed by atoms with van der Waals surface area (Å²) < 4.78 is 2.66. The maximum Gasteiger partial charge on any atom is 0.0884 e. The first-order valence-corrected chi connectivity index (χ1v) is 6.60. The van der Waals surface area contributed by atoms with E-state index in [1.54, 1.807) is 4.68 Å². The Bertz CT molecular complexity index is 383. The molecule has 1 aromatic heterocycles. The molecule has 0 saturated heterocycles. The molecular formula is C11H20BrN3O3. The quantitative estimate of drug-likeness (QED) is 0.546. The highest BCUT2D eigenvalue weighted by Gasteiger charge is 2.28. The highest BCUT2D eigenvalue weighted by atomic mass is 79.9. The topological polar surface area (TPSA) is 90.5 Å². The molecule has 1 rings (SSSR count). The Kier molecular flexibility index (Phi) is 5.74. The fourth-order valence-corrected chi connectivity index (χ4v) is 2.36. The van der Waals surface area contributed by atoms with Crippen LogP contribution in [0.15, 0.2) is 4.47 Å². The molecule has 0 aliphatic carbocycles. The molecule has 0 aliphatic rings. The molecule has 7 heteroatoms. The van der Waals surface area contributed by atoms with Crippen LogP contribution in [0.5, 0.6) is 0 Å². The molecule has 4 N–H and O–H groups in total.